The summed E-state index contributed by atoms with van der Waals surface area (Å²) in [6, 6.07) is 19.6. The van der Waals surface area contributed by atoms with E-state index in [2.05, 4.69) is 5.32 Å². The van der Waals surface area contributed by atoms with Crippen molar-refractivity contribution < 1.29 is 4.79 Å². The zero-order valence-electron chi connectivity index (χ0n) is 11.7. The summed E-state index contributed by atoms with van der Waals surface area (Å²) in [6.07, 6.45) is 0. The second-order valence-corrected chi connectivity index (χ2v) is 5.22. The van der Waals surface area contributed by atoms with E-state index >= 15 is 0 Å². The Morgan fingerprint density at radius 2 is 1.57 bits per heavy atom. The Bertz CT molecular complexity index is 548. The molecule has 0 unspecified atom stereocenters. The lowest BCUT2D eigenvalue weighted by Gasteiger charge is -2.22. The molecule has 0 spiro atoms. The standard InChI is InChI=1S/C16H19N3OS/c17-21-13-19(12-15-9-5-2-6-10-15)16(20)18-11-14-7-3-1-4-8-14/h1-10H,11-13,17H2,(H,18,20). The fraction of sp³-hybridized carbons (Fsp3) is 0.188. The van der Waals surface area contributed by atoms with Crippen molar-refractivity contribution >= 4 is 18.0 Å². The maximum absolute atomic E-state index is 12.3. The second-order valence-electron chi connectivity index (χ2n) is 4.62. The third-order valence-corrected chi connectivity index (χ3v) is 3.48. The Hall–Kier alpha value is -1.98. The highest BCUT2D eigenvalue weighted by molar-refractivity contribution is 7.97. The van der Waals surface area contributed by atoms with Gasteiger partial charge in [-0.25, -0.2) is 4.79 Å². The molecule has 0 fully saturated rings. The predicted octanol–water partition coefficient (Wildman–Crippen LogP) is 2.96. The Kier molecular flexibility index (Phi) is 6.12. The Labute approximate surface area is 129 Å². The van der Waals surface area contributed by atoms with Gasteiger partial charge in [-0.15, -0.1) is 0 Å². The molecule has 21 heavy (non-hydrogen) atoms. The first kappa shape index (κ1) is 15.4. The first-order chi connectivity index (χ1) is 10.3. The van der Waals surface area contributed by atoms with Gasteiger partial charge in [0.2, 0.25) is 0 Å². The summed E-state index contributed by atoms with van der Waals surface area (Å²) in [5, 5.41) is 8.45. The fourth-order valence-corrected chi connectivity index (χ4v) is 2.34. The molecule has 2 amide bonds. The normalized spacial score (nSPS) is 10.1. The SMILES string of the molecule is NSCN(Cc1ccccc1)C(=O)NCc1ccccc1. The first-order valence-electron chi connectivity index (χ1n) is 6.72. The zero-order valence-corrected chi connectivity index (χ0v) is 12.6. The van der Waals surface area contributed by atoms with Crippen LogP contribution in [0.15, 0.2) is 60.7 Å². The number of nitrogens with one attached hydrogen (secondary N) is 1. The topological polar surface area (TPSA) is 58.4 Å². The molecule has 2 aromatic rings. The molecular weight excluding hydrogens is 282 g/mol. The smallest absolute Gasteiger partial charge is 0.318 e. The van der Waals surface area contributed by atoms with E-state index in [-0.39, 0.29) is 6.03 Å². The minimum absolute atomic E-state index is 0.111. The number of rotatable bonds is 6. The van der Waals surface area contributed by atoms with E-state index < -0.39 is 0 Å². The van der Waals surface area contributed by atoms with Crippen LogP contribution >= 0.6 is 11.9 Å². The average Bonchev–Trinajstić information content (AvgIpc) is 2.54. The summed E-state index contributed by atoms with van der Waals surface area (Å²) in [7, 11) is 0. The Balaban J connectivity index is 1.92. The number of urea groups is 1. The third kappa shape index (κ3) is 5.13. The van der Waals surface area contributed by atoms with E-state index in [1.165, 1.54) is 0 Å². The van der Waals surface area contributed by atoms with Crippen LogP contribution in [0.3, 0.4) is 0 Å². The zero-order chi connectivity index (χ0) is 14.9. The molecule has 2 rings (SSSR count). The van der Waals surface area contributed by atoms with Gasteiger partial charge >= 0.3 is 6.03 Å². The number of hydrogen-bond donors (Lipinski definition) is 2. The molecule has 0 bridgehead atoms. The predicted molar refractivity (Wildman–Crippen MR) is 87.3 cm³/mol. The molecule has 0 aromatic heterocycles. The summed E-state index contributed by atoms with van der Waals surface area (Å²) in [5.41, 5.74) is 2.16. The van der Waals surface area contributed by atoms with Crippen LogP contribution in [0.5, 0.6) is 0 Å². The minimum atomic E-state index is -0.111. The van der Waals surface area contributed by atoms with Crippen LogP contribution in [0, 0.1) is 0 Å². The van der Waals surface area contributed by atoms with Gasteiger partial charge in [0.15, 0.2) is 0 Å². The lowest BCUT2D eigenvalue weighted by Crippen LogP contribution is -2.39. The van der Waals surface area contributed by atoms with E-state index in [1.807, 2.05) is 60.7 Å². The minimum Gasteiger partial charge on any atom is -0.334 e. The van der Waals surface area contributed by atoms with Crippen LogP contribution in [0.1, 0.15) is 11.1 Å². The van der Waals surface area contributed by atoms with Crippen LogP contribution < -0.4 is 10.5 Å². The van der Waals surface area contributed by atoms with Crippen molar-refractivity contribution in [1.29, 1.82) is 0 Å². The lowest BCUT2D eigenvalue weighted by molar-refractivity contribution is 0.204. The number of amides is 2. The van der Waals surface area contributed by atoms with Gasteiger partial charge in [-0.05, 0) is 11.1 Å². The van der Waals surface area contributed by atoms with Gasteiger partial charge in [-0.2, -0.15) is 0 Å². The molecule has 0 saturated carbocycles. The van der Waals surface area contributed by atoms with Gasteiger partial charge in [-0.1, -0.05) is 72.6 Å². The van der Waals surface area contributed by atoms with Crippen LogP contribution in [-0.2, 0) is 13.1 Å². The van der Waals surface area contributed by atoms with Gasteiger partial charge in [0.25, 0.3) is 0 Å². The van der Waals surface area contributed by atoms with E-state index in [0.717, 1.165) is 23.1 Å². The Morgan fingerprint density at radius 3 is 2.14 bits per heavy atom. The Morgan fingerprint density at radius 1 is 1.00 bits per heavy atom. The van der Waals surface area contributed by atoms with Crippen LogP contribution in [0.4, 0.5) is 4.79 Å². The molecule has 0 saturated heterocycles. The quantitative estimate of drug-likeness (QED) is 0.637. The van der Waals surface area contributed by atoms with Crippen molar-refractivity contribution in [3.63, 3.8) is 0 Å². The van der Waals surface area contributed by atoms with E-state index in [9.17, 15) is 4.79 Å². The van der Waals surface area contributed by atoms with Crippen molar-refractivity contribution in [3.05, 3.63) is 71.8 Å². The largest absolute Gasteiger partial charge is 0.334 e. The molecule has 3 N–H and O–H groups in total. The summed E-state index contributed by atoms with van der Waals surface area (Å²) < 4.78 is 0. The van der Waals surface area contributed by atoms with Crippen LogP contribution in [-0.4, -0.2) is 16.8 Å². The molecular formula is C16H19N3OS. The van der Waals surface area contributed by atoms with E-state index in [4.69, 9.17) is 5.14 Å². The van der Waals surface area contributed by atoms with Crippen molar-refractivity contribution in [2.75, 3.05) is 5.88 Å². The highest BCUT2D eigenvalue weighted by Gasteiger charge is 2.13. The second kappa shape index (κ2) is 8.34. The van der Waals surface area contributed by atoms with Crippen LogP contribution in [0.2, 0.25) is 0 Å². The van der Waals surface area contributed by atoms with E-state index in [0.29, 0.717) is 19.0 Å². The third-order valence-electron chi connectivity index (χ3n) is 3.02. The van der Waals surface area contributed by atoms with Crippen LogP contribution in [0.25, 0.3) is 0 Å². The first-order valence-corrected chi connectivity index (χ1v) is 7.77. The maximum Gasteiger partial charge on any atom is 0.318 e. The molecule has 0 atom stereocenters. The summed E-state index contributed by atoms with van der Waals surface area (Å²) in [4.78, 5) is 14.0. The number of nitrogens with zero attached hydrogens (tertiary/aromatic N) is 1. The fourth-order valence-electron chi connectivity index (χ4n) is 1.96. The van der Waals surface area contributed by atoms with Gasteiger partial charge in [0.1, 0.15) is 0 Å². The molecule has 0 radical (unpaired) electrons. The molecule has 0 aliphatic heterocycles. The summed E-state index contributed by atoms with van der Waals surface area (Å²) in [6.45, 7) is 1.06. The monoisotopic (exact) mass is 301 g/mol. The molecule has 2 aromatic carbocycles. The maximum atomic E-state index is 12.3. The molecule has 5 heteroatoms. The highest BCUT2D eigenvalue weighted by atomic mass is 32.2. The van der Waals surface area contributed by atoms with Gasteiger partial charge in [0, 0.05) is 13.1 Å². The summed E-state index contributed by atoms with van der Waals surface area (Å²) >= 11 is 1.14. The number of benzene rings is 2. The molecule has 0 heterocycles. The molecule has 0 aliphatic carbocycles. The number of nitrogens with two attached hydrogens (primary N) is 1. The van der Waals surface area contributed by atoms with Crippen molar-refractivity contribution in [1.82, 2.24) is 10.2 Å². The van der Waals surface area contributed by atoms with Gasteiger partial charge < -0.3 is 10.2 Å². The number of carbonyl (C=O) groups excluding carboxylic acids is 1. The number of hydrogen-bond acceptors (Lipinski definition) is 3. The summed E-state index contributed by atoms with van der Waals surface area (Å²) in [5.74, 6) is 0.454. The molecule has 110 valence electrons. The van der Waals surface area contributed by atoms with E-state index in [1.54, 1.807) is 4.90 Å². The lowest BCUT2D eigenvalue weighted by atomic mass is 10.2. The van der Waals surface area contributed by atoms with Crippen molar-refractivity contribution in [2.24, 2.45) is 5.14 Å². The number of carbonyl (C=O) groups is 1. The van der Waals surface area contributed by atoms with Crippen molar-refractivity contribution in [2.45, 2.75) is 13.1 Å². The molecule has 4 nitrogen and oxygen atoms in total. The van der Waals surface area contributed by atoms with Gasteiger partial charge in [0.05, 0.1) is 5.88 Å². The van der Waals surface area contributed by atoms with Gasteiger partial charge in [-0.3, -0.25) is 5.14 Å². The highest BCUT2D eigenvalue weighted by Crippen LogP contribution is 2.07. The molecule has 0 aliphatic rings. The van der Waals surface area contributed by atoms with Crippen molar-refractivity contribution in [3.8, 4) is 0 Å². The average molecular weight is 301 g/mol.